The SMILES string of the molecule is C=C(O)/C=C(/P)SN. The lowest BCUT2D eigenvalue weighted by Gasteiger charge is -1.90. The van der Waals surface area contributed by atoms with Gasteiger partial charge in [-0.2, -0.15) is 0 Å². The van der Waals surface area contributed by atoms with E-state index in [-0.39, 0.29) is 5.76 Å². The third-order valence-corrected chi connectivity index (χ3v) is 1.41. The summed E-state index contributed by atoms with van der Waals surface area (Å²) in [6.07, 6.45) is 1.47. The van der Waals surface area contributed by atoms with Crippen molar-refractivity contribution in [2.75, 3.05) is 0 Å². The topological polar surface area (TPSA) is 46.2 Å². The van der Waals surface area contributed by atoms with Crippen LogP contribution in [0.3, 0.4) is 0 Å². The molecule has 8 heavy (non-hydrogen) atoms. The van der Waals surface area contributed by atoms with Crippen LogP contribution in [0.25, 0.3) is 0 Å². The summed E-state index contributed by atoms with van der Waals surface area (Å²) in [5.74, 6) is 0.0213. The minimum absolute atomic E-state index is 0.0213. The molecule has 0 spiro atoms. The molecule has 0 aliphatic rings. The first-order valence-corrected chi connectivity index (χ1v) is 3.34. The number of nitrogens with two attached hydrogens (primary N) is 1. The fraction of sp³-hybridized carbons (Fsp3) is 0. The molecule has 1 atom stereocenters. The number of aliphatic hydroxyl groups is 1. The Balaban J connectivity index is 3.75. The highest BCUT2D eigenvalue weighted by molar-refractivity contribution is 8.05. The average molecular weight is 149 g/mol. The van der Waals surface area contributed by atoms with Crippen LogP contribution in [0.2, 0.25) is 0 Å². The molecular weight excluding hydrogens is 141 g/mol. The Morgan fingerprint density at radius 1 is 1.88 bits per heavy atom. The third-order valence-electron chi connectivity index (χ3n) is 0.445. The van der Waals surface area contributed by atoms with E-state index < -0.39 is 0 Å². The van der Waals surface area contributed by atoms with E-state index in [0.717, 1.165) is 16.6 Å². The summed E-state index contributed by atoms with van der Waals surface area (Å²) in [6.45, 7) is 3.24. The van der Waals surface area contributed by atoms with E-state index in [1.807, 2.05) is 0 Å². The van der Waals surface area contributed by atoms with Gasteiger partial charge in [0.25, 0.3) is 0 Å². The molecule has 0 rings (SSSR count). The van der Waals surface area contributed by atoms with Gasteiger partial charge in [-0.1, -0.05) is 15.8 Å². The summed E-state index contributed by atoms with van der Waals surface area (Å²) >= 11 is 1.06. The normalized spacial score (nSPS) is 11.5. The molecule has 4 heteroatoms. The smallest absolute Gasteiger partial charge is 0.109 e. The Hall–Kier alpha value is 0.0200. The van der Waals surface area contributed by atoms with Gasteiger partial charge in [0, 0.05) is 4.65 Å². The molecule has 0 heterocycles. The van der Waals surface area contributed by atoms with Crippen LogP contribution in [0, 0.1) is 0 Å². The van der Waals surface area contributed by atoms with Crippen molar-refractivity contribution in [1.82, 2.24) is 0 Å². The minimum atomic E-state index is 0.0213. The summed E-state index contributed by atoms with van der Waals surface area (Å²) in [4.78, 5) is 0. The van der Waals surface area contributed by atoms with E-state index in [1.54, 1.807) is 0 Å². The van der Waals surface area contributed by atoms with Crippen molar-refractivity contribution >= 4 is 21.2 Å². The molecule has 0 saturated carbocycles. The molecule has 3 N–H and O–H groups in total. The summed E-state index contributed by atoms with van der Waals surface area (Å²) in [7, 11) is 2.36. The fourth-order valence-corrected chi connectivity index (χ4v) is 0.595. The van der Waals surface area contributed by atoms with Gasteiger partial charge in [-0.25, -0.2) is 0 Å². The van der Waals surface area contributed by atoms with Crippen LogP contribution in [0.1, 0.15) is 0 Å². The molecule has 46 valence electrons. The highest BCUT2D eigenvalue weighted by Gasteiger charge is 1.83. The van der Waals surface area contributed by atoms with Crippen LogP contribution >= 0.6 is 21.2 Å². The van der Waals surface area contributed by atoms with Crippen molar-refractivity contribution in [2.24, 2.45) is 5.14 Å². The molecule has 0 aromatic carbocycles. The molecule has 0 aliphatic heterocycles. The fourth-order valence-electron chi connectivity index (χ4n) is 0.198. The van der Waals surface area contributed by atoms with Crippen LogP contribution in [0.5, 0.6) is 0 Å². The van der Waals surface area contributed by atoms with Gasteiger partial charge in [-0.05, 0) is 18.0 Å². The number of rotatable bonds is 2. The van der Waals surface area contributed by atoms with Crippen LogP contribution in [0.15, 0.2) is 23.1 Å². The first-order valence-electron chi connectivity index (χ1n) is 1.88. The second kappa shape index (κ2) is 3.96. The molecule has 0 bridgehead atoms. The maximum absolute atomic E-state index is 8.50. The molecule has 0 aromatic heterocycles. The van der Waals surface area contributed by atoms with Gasteiger partial charge < -0.3 is 5.11 Å². The van der Waals surface area contributed by atoms with E-state index in [9.17, 15) is 0 Å². The van der Waals surface area contributed by atoms with Crippen molar-refractivity contribution in [2.45, 2.75) is 0 Å². The Labute approximate surface area is 55.2 Å². The van der Waals surface area contributed by atoms with E-state index in [2.05, 4.69) is 15.8 Å². The Kier molecular flexibility index (Phi) is 3.97. The van der Waals surface area contributed by atoms with Crippen LogP contribution < -0.4 is 5.14 Å². The minimum Gasteiger partial charge on any atom is -0.509 e. The number of aliphatic hydroxyl groups excluding tert-OH is 1. The van der Waals surface area contributed by atoms with Gasteiger partial charge in [0.2, 0.25) is 0 Å². The van der Waals surface area contributed by atoms with Crippen LogP contribution in [-0.2, 0) is 0 Å². The van der Waals surface area contributed by atoms with Crippen LogP contribution in [-0.4, -0.2) is 5.11 Å². The molecule has 0 amide bonds. The third kappa shape index (κ3) is 4.19. The van der Waals surface area contributed by atoms with Gasteiger partial charge in [0.1, 0.15) is 5.76 Å². The van der Waals surface area contributed by atoms with E-state index in [0.29, 0.717) is 0 Å². The van der Waals surface area contributed by atoms with Gasteiger partial charge >= 0.3 is 0 Å². The molecule has 0 fully saturated rings. The first-order chi connectivity index (χ1) is 3.66. The summed E-state index contributed by atoms with van der Waals surface area (Å²) in [5.41, 5.74) is 0. The molecule has 1 unspecified atom stereocenters. The largest absolute Gasteiger partial charge is 0.509 e. The summed E-state index contributed by atoms with van der Waals surface area (Å²) < 4.78 is 0.762. The highest BCUT2D eigenvalue weighted by Crippen LogP contribution is 2.16. The van der Waals surface area contributed by atoms with Crippen molar-refractivity contribution in [3.05, 3.63) is 23.1 Å². The second-order valence-corrected chi connectivity index (χ2v) is 2.90. The highest BCUT2D eigenvalue weighted by atomic mass is 32.2. The van der Waals surface area contributed by atoms with Gasteiger partial charge in [0.05, 0.1) is 0 Å². The Bertz CT molecular complexity index is 123. The van der Waals surface area contributed by atoms with Gasteiger partial charge in [-0.3, -0.25) is 5.14 Å². The zero-order valence-electron chi connectivity index (χ0n) is 4.29. The van der Waals surface area contributed by atoms with E-state index in [4.69, 9.17) is 10.2 Å². The monoisotopic (exact) mass is 149 g/mol. The maximum Gasteiger partial charge on any atom is 0.109 e. The summed E-state index contributed by atoms with van der Waals surface area (Å²) in [6, 6.07) is 0. The summed E-state index contributed by atoms with van der Waals surface area (Å²) in [5, 5.41) is 13.6. The predicted molar refractivity (Wildman–Crippen MR) is 41.3 cm³/mol. The number of hydrogen-bond donors (Lipinski definition) is 2. The predicted octanol–water partition coefficient (Wildman–Crippen LogP) is 1.38. The number of hydrogen-bond acceptors (Lipinski definition) is 3. The maximum atomic E-state index is 8.50. The second-order valence-electron chi connectivity index (χ2n) is 1.16. The van der Waals surface area contributed by atoms with Crippen molar-refractivity contribution in [3.63, 3.8) is 0 Å². The molecule has 2 nitrogen and oxygen atoms in total. The van der Waals surface area contributed by atoms with Gasteiger partial charge in [-0.15, -0.1) is 0 Å². The van der Waals surface area contributed by atoms with Crippen molar-refractivity contribution in [1.29, 1.82) is 0 Å². The lowest BCUT2D eigenvalue weighted by Crippen LogP contribution is -1.75. The molecular formula is C4H8NOPS. The van der Waals surface area contributed by atoms with Gasteiger partial charge in [0.15, 0.2) is 0 Å². The Morgan fingerprint density at radius 3 is 2.50 bits per heavy atom. The zero-order valence-corrected chi connectivity index (χ0v) is 6.27. The standard InChI is InChI=1S/C4H8NOPS/c1-3(6)2-4(7)8-5/h2,6H,1,5,7H2/b4-2-. The molecule has 0 radical (unpaired) electrons. The quantitative estimate of drug-likeness (QED) is 0.270. The average Bonchev–Trinajstić information content (AvgIpc) is 1.65. The first kappa shape index (κ1) is 8.02. The van der Waals surface area contributed by atoms with E-state index in [1.165, 1.54) is 6.08 Å². The number of allylic oxidation sites excluding steroid dienone is 1. The molecule has 0 aliphatic carbocycles. The van der Waals surface area contributed by atoms with Crippen LogP contribution in [0.4, 0.5) is 0 Å². The van der Waals surface area contributed by atoms with Crippen molar-refractivity contribution in [3.8, 4) is 0 Å². The lowest BCUT2D eigenvalue weighted by atomic mass is 10.6. The van der Waals surface area contributed by atoms with E-state index >= 15 is 0 Å². The Morgan fingerprint density at radius 2 is 2.38 bits per heavy atom. The van der Waals surface area contributed by atoms with Crippen molar-refractivity contribution < 1.29 is 5.11 Å². The zero-order chi connectivity index (χ0) is 6.57. The lowest BCUT2D eigenvalue weighted by molar-refractivity contribution is 0.435. The molecule has 0 aromatic rings. The molecule has 0 saturated heterocycles.